The minimum atomic E-state index is -0.394. The van der Waals surface area contributed by atoms with Crippen molar-refractivity contribution in [1.29, 1.82) is 0 Å². The summed E-state index contributed by atoms with van der Waals surface area (Å²) in [6.45, 7) is 9.94. The van der Waals surface area contributed by atoms with Crippen molar-refractivity contribution >= 4 is 6.09 Å². The summed E-state index contributed by atoms with van der Waals surface area (Å²) in [6.07, 6.45) is 3.42. The van der Waals surface area contributed by atoms with Crippen LogP contribution in [0.4, 0.5) is 9.18 Å². The molecule has 6 rings (SSSR count). The molecule has 0 radical (unpaired) electrons. The number of amides is 1. The third-order valence-corrected chi connectivity index (χ3v) is 7.70. The number of halogens is 1. The van der Waals surface area contributed by atoms with Gasteiger partial charge in [-0.15, -0.1) is 0 Å². The van der Waals surface area contributed by atoms with Gasteiger partial charge in [-0.25, -0.2) is 9.18 Å². The summed E-state index contributed by atoms with van der Waals surface area (Å²) in [4.78, 5) is 15.2. The predicted molar refractivity (Wildman–Crippen MR) is 130 cm³/mol. The van der Waals surface area contributed by atoms with Gasteiger partial charge < -0.3 is 14.8 Å². The normalized spacial score (nSPS) is 26.7. The molecule has 1 aliphatic carbocycles. The Balaban J connectivity index is 1.35. The summed E-state index contributed by atoms with van der Waals surface area (Å²) in [5.74, 6) is 0.910. The number of fused-ring (bicyclic) bond motifs is 4. The highest BCUT2D eigenvalue weighted by atomic mass is 19.1. The number of nitrogens with one attached hydrogen (secondary N) is 1. The summed E-state index contributed by atoms with van der Waals surface area (Å²) in [5, 5.41) is 3.08. The zero-order valence-electron chi connectivity index (χ0n) is 20.4. The number of carbonyl (C=O) groups excluding carboxylic acids is 1. The molecule has 0 aromatic heterocycles. The van der Waals surface area contributed by atoms with Gasteiger partial charge in [-0.1, -0.05) is 32.9 Å². The molecular weight excluding hydrogens is 431 g/mol. The van der Waals surface area contributed by atoms with E-state index in [-0.39, 0.29) is 23.4 Å². The van der Waals surface area contributed by atoms with E-state index >= 15 is 4.39 Å². The van der Waals surface area contributed by atoms with Crippen LogP contribution in [0.3, 0.4) is 0 Å². The SMILES string of the molecule is CCCOc1cccc(-c2cc3c(cc2F)C(NC(=O)O[C@@H]2CN4CCC2CC4)C(C)(C)C3)c1. The summed E-state index contributed by atoms with van der Waals surface area (Å²) < 4.78 is 27.0. The minimum Gasteiger partial charge on any atom is -0.494 e. The number of rotatable bonds is 6. The van der Waals surface area contributed by atoms with E-state index in [2.05, 4.69) is 31.0 Å². The molecule has 0 saturated carbocycles. The van der Waals surface area contributed by atoms with Gasteiger partial charge in [-0.05, 0) is 91.1 Å². The first-order chi connectivity index (χ1) is 16.3. The molecule has 3 heterocycles. The average Bonchev–Trinajstić information content (AvgIpc) is 3.06. The van der Waals surface area contributed by atoms with Gasteiger partial charge in [-0.3, -0.25) is 4.90 Å². The standard InChI is InChI=1S/C28H35FN2O3/c1-4-12-33-21-7-5-6-19(13-21)22-14-20-16-28(2,3)26(23(20)15-24(22)29)30-27(32)34-25-17-31-10-8-18(25)9-11-31/h5-7,13-15,18,25-26H,4,8-12,16-17H2,1-3H3,(H,30,32)/t25-,26?/m1/s1. The van der Waals surface area contributed by atoms with Crippen LogP contribution in [0.1, 0.15) is 57.2 Å². The third kappa shape index (κ3) is 4.52. The lowest BCUT2D eigenvalue weighted by Gasteiger charge is -2.44. The molecule has 2 bridgehead atoms. The van der Waals surface area contributed by atoms with Gasteiger partial charge in [0.25, 0.3) is 0 Å². The van der Waals surface area contributed by atoms with E-state index in [0.717, 1.165) is 67.8 Å². The van der Waals surface area contributed by atoms with E-state index in [9.17, 15) is 4.79 Å². The van der Waals surface area contributed by atoms with Crippen LogP contribution in [-0.2, 0) is 11.2 Å². The molecule has 0 spiro atoms. The molecule has 182 valence electrons. The Labute approximate surface area is 201 Å². The second-order valence-corrected chi connectivity index (χ2v) is 10.7. The number of ether oxygens (including phenoxy) is 2. The van der Waals surface area contributed by atoms with Gasteiger partial charge in [0, 0.05) is 12.1 Å². The minimum absolute atomic E-state index is 0.0483. The van der Waals surface area contributed by atoms with Crippen LogP contribution < -0.4 is 10.1 Å². The van der Waals surface area contributed by atoms with Crippen LogP contribution in [-0.4, -0.2) is 43.3 Å². The molecule has 1 unspecified atom stereocenters. The van der Waals surface area contributed by atoms with Crippen LogP contribution in [0.15, 0.2) is 36.4 Å². The highest BCUT2D eigenvalue weighted by Crippen LogP contribution is 2.47. The number of alkyl carbamates (subject to hydrolysis) is 1. The van der Waals surface area contributed by atoms with Gasteiger partial charge in [0.15, 0.2) is 0 Å². The van der Waals surface area contributed by atoms with Crippen LogP contribution in [0.2, 0.25) is 0 Å². The molecule has 2 atom stereocenters. The van der Waals surface area contributed by atoms with Crippen LogP contribution >= 0.6 is 0 Å². The first-order valence-electron chi connectivity index (χ1n) is 12.6. The number of piperidine rings is 3. The van der Waals surface area contributed by atoms with E-state index in [1.54, 1.807) is 6.07 Å². The van der Waals surface area contributed by atoms with E-state index in [1.807, 2.05) is 30.3 Å². The second-order valence-electron chi connectivity index (χ2n) is 10.7. The molecular formula is C28H35FN2O3. The summed E-state index contributed by atoms with van der Waals surface area (Å²) >= 11 is 0. The monoisotopic (exact) mass is 466 g/mol. The molecule has 4 aliphatic rings. The quantitative estimate of drug-likeness (QED) is 0.591. The van der Waals surface area contributed by atoms with E-state index in [0.29, 0.717) is 18.1 Å². The van der Waals surface area contributed by atoms with Gasteiger partial charge in [0.05, 0.1) is 12.6 Å². The summed E-state index contributed by atoms with van der Waals surface area (Å²) in [7, 11) is 0. The maximum atomic E-state index is 15.4. The Hall–Kier alpha value is -2.60. The maximum Gasteiger partial charge on any atom is 0.407 e. The van der Waals surface area contributed by atoms with E-state index in [1.165, 1.54) is 0 Å². The lowest BCUT2D eigenvalue weighted by Crippen LogP contribution is -2.53. The highest BCUT2D eigenvalue weighted by molar-refractivity contribution is 5.71. The first-order valence-corrected chi connectivity index (χ1v) is 12.6. The van der Waals surface area contributed by atoms with Gasteiger partial charge in [-0.2, -0.15) is 0 Å². The molecule has 3 saturated heterocycles. The van der Waals surface area contributed by atoms with Crippen molar-refractivity contribution in [3.05, 3.63) is 53.3 Å². The van der Waals surface area contributed by atoms with Crippen molar-refractivity contribution in [1.82, 2.24) is 10.2 Å². The molecule has 2 aromatic rings. The Morgan fingerprint density at radius 3 is 2.71 bits per heavy atom. The van der Waals surface area contributed by atoms with Crippen molar-refractivity contribution in [2.45, 2.75) is 58.6 Å². The Bertz CT molecular complexity index is 1060. The van der Waals surface area contributed by atoms with Crippen LogP contribution in [0, 0.1) is 17.2 Å². The number of benzene rings is 2. The summed E-state index contributed by atoms with van der Waals surface area (Å²) in [5.41, 5.74) is 3.02. The van der Waals surface area contributed by atoms with Gasteiger partial charge in [0.1, 0.15) is 17.7 Å². The smallest absolute Gasteiger partial charge is 0.407 e. The Morgan fingerprint density at radius 2 is 2.00 bits per heavy atom. The summed E-state index contributed by atoms with van der Waals surface area (Å²) in [6, 6.07) is 10.8. The molecule has 3 fully saturated rings. The van der Waals surface area contributed by atoms with Crippen molar-refractivity contribution in [3.8, 4) is 16.9 Å². The number of hydrogen-bond donors (Lipinski definition) is 1. The Kier molecular flexibility index (Phi) is 6.28. The van der Waals surface area contributed by atoms with Crippen LogP contribution in [0.5, 0.6) is 5.75 Å². The third-order valence-electron chi connectivity index (χ3n) is 7.70. The fraction of sp³-hybridized carbons (Fsp3) is 0.536. The first kappa shape index (κ1) is 23.2. The largest absolute Gasteiger partial charge is 0.494 e. The highest BCUT2D eigenvalue weighted by Gasteiger charge is 2.42. The lowest BCUT2D eigenvalue weighted by molar-refractivity contribution is -0.0349. The molecule has 6 heteroatoms. The average molecular weight is 467 g/mol. The number of hydrogen-bond acceptors (Lipinski definition) is 4. The molecule has 5 nitrogen and oxygen atoms in total. The molecule has 1 amide bonds. The second kappa shape index (κ2) is 9.21. The van der Waals surface area contributed by atoms with E-state index in [4.69, 9.17) is 9.47 Å². The van der Waals surface area contributed by atoms with Gasteiger partial charge in [0.2, 0.25) is 0 Å². The zero-order chi connectivity index (χ0) is 23.9. The Morgan fingerprint density at radius 1 is 1.21 bits per heavy atom. The maximum absolute atomic E-state index is 15.4. The fourth-order valence-electron chi connectivity index (χ4n) is 5.87. The number of nitrogens with zero attached hydrogens (tertiary/aromatic N) is 1. The molecule has 1 N–H and O–H groups in total. The van der Waals surface area contributed by atoms with Crippen LogP contribution in [0.25, 0.3) is 11.1 Å². The van der Waals surface area contributed by atoms with Crippen molar-refractivity contribution in [3.63, 3.8) is 0 Å². The zero-order valence-corrected chi connectivity index (χ0v) is 20.4. The predicted octanol–water partition coefficient (Wildman–Crippen LogP) is 5.73. The fourth-order valence-corrected chi connectivity index (χ4v) is 5.87. The molecule has 34 heavy (non-hydrogen) atoms. The van der Waals surface area contributed by atoms with Crippen molar-refractivity contribution in [2.24, 2.45) is 11.3 Å². The van der Waals surface area contributed by atoms with E-state index < -0.39 is 6.09 Å². The van der Waals surface area contributed by atoms with Crippen molar-refractivity contribution in [2.75, 3.05) is 26.2 Å². The van der Waals surface area contributed by atoms with Gasteiger partial charge >= 0.3 is 6.09 Å². The molecule has 3 aliphatic heterocycles. The van der Waals surface area contributed by atoms with Crippen molar-refractivity contribution < 1.29 is 18.7 Å². The molecule has 2 aromatic carbocycles. The topological polar surface area (TPSA) is 50.8 Å². The number of carbonyl (C=O) groups is 1. The lowest BCUT2D eigenvalue weighted by atomic mass is 9.85.